The summed E-state index contributed by atoms with van der Waals surface area (Å²) < 4.78 is 4.31. The van der Waals surface area contributed by atoms with Crippen LogP contribution in [0.15, 0.2) is 85.5 Å². The zero-order valence-corrected chi connectivity index (χ0v) is 19.1. The molecule has 0 N–H and O–H groups in total. The van der Waals surface area contributed by atoms with Gasteiger partial charge in [-0.2, -0.15) is 0 Å². The van der Waals surface area contributed by atoms with Crippen LogP contribution >= 0.6 is 0 Å². The molecule has 1 saturated heterocycles. The molecule has 1 aliphatic heterocycles. The zero-order valence-electron chi connectivity index (χ0n) is 19.1. The second-order valence-corrected chi connectivity index (χ2v) is 8.81. The van der Waals surface area contributed by atoms with E-state index in [4.69, 9.17) is 4.98 Å². The molecule has 1 aliphatic rings. The minimum absolute atomic E-state index is 0.208. The Morgan fingerprint density at radius 2 is 1.71 bits per heavy atom. The predicted octanol–water partition coefficient (Wildman–Crippen LogP) is 5.28. The van der Waals surface area contributed by atoms with Crippen molar-refractivity contribution in [2.75, 3.05) is 11.4 Å². The highest BCUT2D eigenvalue weighted by atomic mass is 16.2. The van der Waals surface area contributed by atoms with E-state index < -0.39 is 0 Å². The molecule has 5 aromatic rings. The summed E-state index contributed by atoms with van der Waals surface area (Å²) in [5.41, 5.74) is 7.46. The van der Waals surface area contributed by atoms with E-state index in [0.29, 0.717) is 13.0 Å². The standard InChI is InChI=1S/C28H25N5O/c1-31-26-6-3-2-5-25(26)30-27(31)19-32-14-12-21(18-32)23-15-22(16-29-17-23)20-8-10-24(11-9-20)33-13-4-7-28(33)34/h2-3,5-6,8-12,14-18H,4,7,13,19H2,1H3. The van der Waals surface area contributed by atoms with Crippen LogP contribution in [0.1, 0.15) is 18.7 Å². The third kappa shape index (κ3) is 3.67. The van der Waals surface area contributed by atoms with Crippen molar-refractivity contribution in [3.63, 3.8) is 0 Å². The molecule has 6 heteroatoms. The van der Waals surface area contributed by atoms with Crippen molar-refractivity contribution in [2.45, 2.75) is 19.4 Å². The van der Waals surface area contributed by atoms with Gasteiger partial charge in [-0.25, -0.2) is 4.98 Å². The van der Waals surface area contributed by atoms with E-state index in [9.17, 15) is 4.79 Å². The number of fused-ring (bicyclic) bond motifs is 1. The number of aryl methyl sites for hydroxylation is 1. The normalized spacial score (nSPS) is 13.8. The number of rotatable bonds is 5. The highest BCUT2D eigenvalue weighted by molar-refractivity contribution is 5.95. The summed E-state index contributed by atoms with van der Waals surface area (Å²) in [4.78, 5) is 23.2. The van der Waals surface area contributed by atoms with Crippen LogP contribution in [0.3, 0.4) is 0 Å². The lowest BCUT2D eigenvalue weighted by atomic mass is 10.0. The number of para-hydroxylation sites is 2. The number of benzene rings is 2. The Labute approximate surface area is 198 Å². The molecule has 0 bridgehead atoms. The number of pyridine rings is 1. The zero-order chi connectivity index (χ0) is 23.1. The van der Waals surface area contributed by atoms with Crippen molar-refractivity contribution in [1.82, 2.24) is 19.1 Å². The number of hydrogen-bond acceptors (Lipinski definition) is 3. The third-order valence-corrected chi connectivity index (χ3v) is 6.61. The van der Waals surface area contributed by atoms with Crippen LogP contribution in [-0.4, -0.2) is 31.6 Å². The molecule has 3 aromatic heterocycles. The first-order valence-electron chi connectivity index (χ1n) is 11.6. The summed E-state index contributed by atoms with van der Waals surface area (Å²) in [6, 6.07) is 20.7. The van der Waals surface area contributed by atoms with Gasteiger partial charge in [0.05, 0.1) is 17.6 Å². The maximum Gasteiger partial charge on any atom is 0.227 e. The number of nitrogens with zero attached hydrogens (tertiary/aromatic N) is 5. The van der Waals surface area contributed by atoms with E-state index in [1.165, 1.54) is 0 Å². The second-order valence-electron chi connectivity index (χ2n) is 8.81. The number of carbonyl (C=O) groups excluding carboxylic acids is 1. The van der Waals surface area contributed by atoms with E-state index in [1.54, 1.807) is 0 Å². The predicted molar refractivity (Wildman–Crippen MR) is 135 cm³/mol. The molecular formula is C28H25N5O. The Morgan fingerprint density at radius 1 is 0.912 bits per heavy atom. The summed E-state index contributed by atoms with van der Waals surface area (Å²) in [6.45, 7) is 1.51. The first-order valence-corrected chi connectivity index (χ1v) is 11.6. The van der Waals surface area contributed by atoms with Crippen molar-refractivity contribution < 1.29 is 4.79 Å². The van der Waals surface area contributed by atoms with E-state index >= 15 is 0 Å². The molecule has 6 rings (SSSR count). The van der Waals surface area contributed by atoms with Crippen LogP contribution < -0.4 is 4.90 Å². The van der Waals surface area contributed by atoms with Crippen molar-refractivity contribution in [1.29, 1.82) is 0 Å². The highest BCUT2D eigenvalue weighted by Gasteiger charge is 2.21. The van der Waals surface area contributed by atoms with Crippen molar-refractivity contribution in [3.05, 3.63) is 91.3 Å². The Balaban J connectivity index is 1.23. The maximum absolute atomic E-state index is 12.0. The van der Waals surface area contributed by atoms with Gasteiger partial charge in [-0.1, -0.05) is 24.3 Å². The molecule has 6 nitrogen and oxygen atoms in total. The lowest BCUT2D eigenvalue weighted by molar-refractivity contribution is -0.117. The van der Waals surface area contributed by atoms with E-state index in [1.807, 2.05) is 47.6 Å². The average molecular weight is 448 g/mol. The van der Waals surface area contributed by atoms with Crippen LogP contribution in [0.2, 0.25) is 0 Å². The van der Waals surface area contributed by atoms with Gasteiger partial charge < -0.3 is 14.0 Å². The van der Waals surface area contributed by atoms with Crippen molar-refractivity contribution in [2.24, 2.45) is 7.05 Å². The number of carbonyl (C=O) groups is 1. The summed E-state index contributed by atoms with van der Waals surface area (Å²) in [5, 5.41) is 0. The lowest BCUT2D eigenvalue weighted by Gasteiger charge is -2.16. The molecule has 4 heterocycles. The van der Waals surface area contributed by atoms with E-state index in [0.717, 1.165) is 57.8 Å². The molecule has 168 valence electrons. The van der Waals surface area contributed by atoms with Gasteiger partial charge in [-0.15, -0.1) is 0 Å². The van der Waals surface area contributed by atoms with Gasteiger partial charge in [0.15, 0.2) is 0 Å². The molecule has 0 aliphatic carbocycles. The SMILES string of the molecule is Cn1c(Cn2ccc(-c3cncc(-c4ccc(N5CCCC5=O)cc4)c3)c2)nc2ccccc21. The molecule has 34 heavy (non-hydrogen) atoms. The fraction of sp³-hybridized carbons (Fsp3) is 0.179. The van der Waals surface area contributed by atoms with Gasteiger partial charge in [0, 0.05) is 67.2 Å². The fourth-order valence-corrected chi connectivity index (χ4v) is 4.72. The smallest absolute Gasteiger partial charge is 0.227 e. The third-order valence-electron chi connectivity index (χ3n) is 6.61. The van der Waals surface area contributed by atoms with Gasteiger partial charge in [0.2, 0.25) is 5.91 Å². The summed E-state index contributed by atoms with van der Waals surface area (Å²) >= 11 is 0. The van der Waals surface area contributed by atoms with E-state index in [-0.39, 0.29) is 5.91 Å². The second kappa shape index (κ2) is 8.30. The van der Waals surface area contributed by atoms with Gasteiger partial charge in [0.1, 0.15) is 5.82 Å². The van der Waals surface area contributed by atoms with Crippen LogP contribution in [0, 0.1) is 0 Å². The molecule has 0 saturated carbocycles. The minimum Gasteiger partial charge on any atom is -0.346 e. The van der Waals surface area contributed by atoms with E-state index in [2.05, 4.69) is 63.9 Å². The molecule has 1 amide bonds. The topological polar surface area (TPSA) is 56.0 Å². The minimum atomic E-state index is 0.208. The molecule has 0 atom stereocenters. The molecule has 1 fully saturated rings. The quantitative estimate of drug-likeness (QED) is 0.368. The van der Waals surface area contributed by atoms with Gasteiger partial charge in [-0.3, -0.25) is 9.78 Å². The van der Waals surface area contributed by atoms with Gasteiger partial charge in [-0.05, 0) is 48.4 Å². The largest absolute Gasteiger partial charge is 0.346 e. The molecular weight excluding hydrogens is 422 g/mol. The highest BCUT2D eigenvalue weighted by Crippen LogP contribution is 2.29. The molecule has 2 aromatic carbocycles. The monoisotopic (exact) mass is 447 g/mol. The number of amides is 1. The van der Waals surface area contributed by atoms with Gasteiger partial charge in [0.25, 0.3) is 0 Å². The number of imidazole rings is 1. The first-order chi connectivity index (χ1) is 16.7. The average Bonchev–Trinajstić information content (AvgIpc) is 3.59. The number of anilines is 1. The Bertz CT molecular complexity index is 1500. The molecule has 0 spiro atoms. The van der Waals surface area contributed by atoms with Crippen LogP contribution in [0.5, 0.6) is 0 Å². The fourth-order valence-electron chi connectivity index (χ4n) is 4.72. The Hall–Kier alpha value is -4.19. The molecule has 0 unspecified atom stereocenters. The number of hydrogen-bond donors (Lipinski definition) is 0. The van der Waals surface area contributed by atoms with Crippen LogP contribution in [0.4, 0.5) is 5.69 Å². The van der Waals surface area contributed by atoms with Gasteiger partial charge >= 0.3 is 0 Å². The number of aromatic nitrogens is 4. The Morgan fingerprint density at radius 3 is 2.47 bits per heavy atom. The lowest BCUT2D eigenvalue weighted by Crippen LogP contribution is -2.23. The summed E-state index contributed by atoms with van der Waals surface area (Å²) in [5.74, 6) is 1.23. The van der Waals surface area contributed by atoms with Crippen LogP contribution in [0.25, 0.3) is 33.3 Å². The summed E-state index contributed by atoms with van der Waals surface area (Å²) in [6.07, 6.45) is 9.59. The Kier molecular flexibility index (Phi) is 4.99. The summed E-state index contributed by atoms with van der Waals surface area (Å²) in [7, 11) is 2.06. The van der Waals surface area contributed by atoms with Crippen molar-refractivity contribution >= 4 is 22.6 Å². The first kappa shape index (κ1) is 20.4. The van der Waals surface area contributed by atoms with Crippen molar-refractivity contribution in [3.8, 4) is 22.3 Å². The maximum atomic E-state index is 12.0. The molecule has 0 radical (unpaired) electrons. The van der Waals surface area contributed by atoms with Crippen LogP contribution in [-0.2, 0) is 18.4 Å².